The maximum absolute atomic E-state index is 5.71. The molecule has 66 valence electrons. The van der Waals surface area contributed by atoms with Crippen LogP contribution < -0.4 is 5.73 Å². The number of rotatable bonds is 3. The molecular weight excluding hydrogens is 158 g/mol. The Hall–Kier alpha value is 0.270. The van der Waals surface area contributed by atoms with Crippen molar-refractivity contribution in [2.24, 2.45) is 11.7 Å². The molecule has 1 fully saturated rings. The summed E-state index contributed by atoms with van der Waals surface area (Å²) in [6, 6.07) is 0. The van der Waals surface area contributed by atoms with Gasteiger partial charge in [-0.2, -0.15) is 11.8 Å². The molecule has 3 heteroatoms. The van der Waals surface area contributed by atoms with Gasteiger partial charge in [-0.3, -0.25) is 0 Å². The third-order valence-corrected chi connectivity index (χ3v) is 3.82. The standard InChI is InChI=1S/C8H17NOS/c1-3-10-8(5-9)6-11-4-7(8)2/h7H,3-6,9H2,1-2H3. The fourth-order valence-electron chi connectivity index (χ4n) is 1.49. The van der Waals surface area contributed by atoms with Crippen molar-refractivity contribution in [2.75, 3.05) is 24.7 Å². The summed E-state index contributed by atoms with van der Waals surface area (Å²) in [7, 11) is 0. The average molecular weight is 175 g/mol. The van der Waals surface area contributed by atoms with Crippen LogP contribution in [-0.2, 0) is 4.74 Å². The molecule has 1 aliphatic rings. The van der Waals surface area contributed by atoms with E-state index in [1.54, 1.807) is 0 Å². The van der Waals surface area contributed by atoms with Gasteiger partial charge in [-0.05, 0) is 18.6 Å². The first-order chi connectivity index (χ1) is 5.25. The van der Waals surface area contributed by atoms with Gasteiger partial charge in [-0.1, -0.05) is 6.92 Å². The summed E-state index contributed by atoms with van der Waals surface area (Å²) in [6.07, 6.45) is 0. The monoisotopic (exact) mass is 175 g/mol. The highest BCUT2D eigenvalue weighted by Crippen LogP contribution is 2.35. The minimum Gasteiger partial charge on any atom is -0.373 e. The molecule has 0 amide bonds. The first kappa shape index (κ1) is 9.36. The van der Waals surface area contributed by atoms with Gasteiger partial charge in [-0.25, -0.2) is 0 Å². The molecule has 0 spiro atoms. The van der Waals surface area contributed by atoms with Gasteiger partial charge in [0.15, 0.2) is 0 Å². The largest absolute Gasteiger partial charge is 0.373 e. The van der Waals surface area contributed by atoms with Crippen LogP contribution in [-0.4, -0.2) is 30.3 Å². The summed E-state index contributed by atoms with van der Waals surface area (Å²) in [5, 5.41) is 0. The van der Waals surface area contributed by atoms with Crippen molar-refractivity contribution >= 4 is 11.8 Å². The lowest BCUT2D eigenvalue weighted by atomic mass is 9.92. The molecule has 0 saturated carbocycles. The van der Waals surface area contributed by atoms with E-state index < -0.39 is 0 Å². The zero-order chi connectivity index (χ0) is 8.32. The molecule has 1 heterocycles. The molecule has 1 aliphatic heterocycles. The number of hydrogen-bond acceptors (Lipinski definition) is 3. The van der Waals surface area contributed by atoms with Crippen LogP contribution in [0.5, 0.6) is 0 Å². The maximum Gasteiger partial charge on any atom is 0.0926 e. The van der Waals surface area contributed by atoms with Crippen molar-refractivity contribution < 1.29 is 4.74 Å². The molecular formula is C8H17NOS. The van der Waals surface area contributed by atoms with Crippen LogP contribution in [0.2, 0.25) is 0 Å². The van der Waals surface area contributed by atoms with E-state index in [4.69, 9.17) is 10.5 Å². The summed E-state index contributed by atoms with van der Waals surface area (Å²) in [4.78, 5) is 0. The smallest absolute Gasteiger partial charge is 0.0926 e. The van der Waals surface area contributed by atoms with E-state index >= 15 is 0 Å². The van der Waals surface area contributed by atoms with Crippen LogP contribution in [0.4, 0.5) is 0 Å². The third-order valence-electron chi connectivity index (χ3n) is 2.39. The Balaban J connectivity index is 2.57. The first-order valence-corrected chi connectivity index (χ1v) is 5.32. The minimum absolute atomic E-state index is 0.0145. The fraction of sp³-hybridized carbons (Fsp3) is 1.00. The molecule has 1 rings (SSSR count). The maximum atomic E-state index is 5.71. The topological polar surface area (TPSA) is 35.2 Å². The second kappa shape index (κ2) is 3.78. The van der Waals surface area contributed by atoms with Crippen molar-refractivity contribution in [1.82, 2.24) is 0 Å². The minimum atomic E-state index is -0.0145. The van der Waals surface area contributed by atoms with Gasteiger partial charge in [0.05, 0.1) is 5.60 Å². The summed E-state index contributed by atoms with van der Waals surface area (Å²) in [5.74, 6) is 2.87. The summed E-state index contributed by atoms with van der Waals surface area (Å²) >= 11 is 1.95. The van der Waals surface area contributed by atoms with Crippen molar-refractivity contribution in [3.63, 3.8) is 0 Å². The molecule has 11 heavy (non-hydrogen) atoms. The van der Waals surface area contributed by atoms with Crippen LogP contribution in [0, 0.1) is 5.92 Å². The molecule has 0 aromatic heterocycles. The van der Waals surface area contributed by atoms with Crippen LogP contribution >= 0.6 is 11.8 Å². The molecule has 2 unspecified atom stereocenters. The van der Waals surface area contributed by atoms with Gasteiger partial charge in [0.2, 0.25) is 0 Å². The van der Waals surface area contributed by atoms with Crippen LogP contribution in [0.3, 0.4) is 0 Å². The fourth-order valence-corrected chi connectivity index (χ4v) is 3.10. The summed E-state index contributed by atoms with van der Waals surface area (Å²) in [5.41, 5.74) is 5.69. The van der Waals surface area contributed by atoms with Crippen LogP contribution in [0.25, 0.3) is 0 Å². The Morgan fingerprint density at radius 1 is 1.73 bits per heavy atom. The molecule has 0 aromatic carbocycles. The molecule has 0 bridgehead atoms. The Morgan fingerprint density at radius 3 is 2.82 bits per heavy atom. The highest BCUT2D eigenvalue weighted by molar-refractivity contribution is 7.99. The zero-order valence-corrected chi connectivity index (χ0v) is 8.12. The van der Waals surface area contributed by atoms with Crippen molar-refractivity contribution in [3.8, 4) is 0 Å². The normalized spacial score (nSPS) is 37.9. The van der Waals surface area contributed by atoms with Gasteiger partial charge in [0.25, 0.3) is 0 Å². The number of ether oxygens (including phenoxy) is 1. The van der Waals surface area contributed by atoms with E-state index in [1.807, 2.05) is 18.7 Å². The average Bonchev–Trinajstić information content (AvgIpc) is 2.35. The van der Waals surface area contributed by atoms with Crippen molar-refractivity contribution in [3.05, 3.63) is 0 Å². The first-order valence-electron chi connectivity index (χ1n) is 4.17. The Bertz CT molecular complexity index is 131. The highest BCUT2D eigenvalue weighted by atomic mass is 32.2. The molecule has 0 aromatic rings. The lowest BCUT2D eigenvalue weighted by molar-refractivity contribution is -0.0406. The van der Waals surface area contributed by atoms with E-state index in [1.165, 1.54) is 5.75 Å². The predicted octanol–water partition coefficient (Wildman–Crippen LogP) is 1.10. The zero-order valence-electron chi connectivity index (χ0n) is 7.30. The summed E-state index contributed by atoms with van der Waals surface area (Å²) < 4.78 is 5.71. The molecule has 1 saturated heterocycles. The van der Waals surface area contributed by atoms with E-state index in [0.717, 1.165) is 12.4 Å². The number of hydrogen-bond donors (Lipinski definition) is 1. The van der Waals surface area contributed by atoms with Gasteiger partial charge in [0, 0.05) is 18.9 Å². The summed E-state index contributed by atoms with van der Waals surface area (Å²) in [6.45, 7) is 5.70. The van der Waals surface area contributed by atoms with Crippen LogP contribution in [0.15, 0.2) is 0 Å². The lowest BCUT2D eigenvalue weighted by Crippen LogP contribution is -2.46. The lowest BCUT2D eigenvalue weighted by Gasteiger charge is -2.31. The number of nitrogens with two attached hydrogens (primary N) is 1. The Morgan fingerprint density at radius 2 is 2.45 bits per heavy atom. The van der Waals surface area contributed by atoms with Gasteiger partial charge in [0.1, 0.15) is 0 Å². The van der Waals surface area contributed by atoms with E-state index in [2.05, 4.69) is 6.92 Å². The second-order valence-electron chi connectivity index (χ2n) is 3.12. The Kier molecular flexibility index (Phi) is 3.22. The van der Waals surface area contributed by atoms with E-state index in [9.17, 15) is 0 Å². The van der Waals surface area contributed by atoms with Crippen molar-refractivity contribution in [1.29, 1.82) is 0 Å². The number of thioether (sulfide) groups is 1. The molecule has 0 aliphatic carbocycles. The van der Waals surface area contributed by atoms with Crippen molar-refractivity contribution in [2.45, 2.75) is 19.4 Å². The molecule has 2 nitrogen and oxygen atoms in total. The van der Waals surface area contributed by atoms with Gasteiger partial charge in [-0.15, -0.1) is 0 Å². The molecule has 2 N–H and O–H groups in total. The third kappa shape index (κ3) is 1.71. The van der Waals surface area contributed by atoms with E-state index in [0.29, 0.717) is 12.5 Å². The highest BCUT2D eigenvalue weighted by Gasteiger charge is 2.40. The second-order valence-corrected chi connectivity index (χ2v) is 4.15. The molecule has 0 radical (unpaired) electrons. The SMILES string of the molecule is CCOC1(CN)CSCC1C. The molecule has 2 atom stereocenters. The van der Waals surface area contributed by atoms with E-state index in [-0.39, 0.29) is 5.60 Å². The van der Waals surface area contributed by atoms with Gasteiger partial charge >= 0.3 is 0 Å². The quantitative estimate of drug-likeness (QED) is 0.697. The van der Waals surface area contributed by atoms with Gasteiger partial charge < -0.3 is 10.5 Å². The predicted molar refractivity (Wildman–Crippen MR) is 49.9 cm³/mol. The Labute approximate surface area is 72.9 Å². The van der Waals surface area contributed by atoms with Crippen LogP contribution in [0.1, 0.15) is 13.8 Å².